The molecule has 384 valence electrons. The summed E-state index contributed by atoms with van der Waals surface area (Å²) < 4.78 is 42.3. The third-order valence-electron chi connectivity index (χ3n) is 9.78. The number of esters is 2. The molecule has 0 heterocycles. The second-order valence-corrected chi connectivity index (χ2v) is 15.4. The monoisotopic (exact) mass is 1040 g/mol. The van der Waals surface area contributed by atoms with Crippen LogP contribution in [0.5, 0.6) is 86.2 Å². The van der Waals surface area contributed by atoms with Gasteiger partial charge in [0.05, 0.1) is 17.7 Å². The van der Waals surface area contributed by atoms with Crippen molar-refractivity contribution in [3.05, 3.63) is 88.5 Å². The minimum absolute atomic E-state index is 0.0777. The van der Waals surface area contributed by atoms with E-state index in [1.807, 2.05) is 0 Å². The average molecular weight is 1040 g/mol. The molecule has 0 aliphatic rings. The summed E-state index contributed by atoms with van der Waals surface area (Å²) in [6, 6.07) is 1.49. The first-order chi connectivity index (χ1) is 33.2. The van der Waals surface area contributed by atoms with Crippen molar-refractivity contribution in [2.24, 2.45) is 0 Å². The summed E-state index contributed by atoms with van der Waals surface area (Å²) in [5, 5.41) is 188. The van der Waals surface area contributed by atoms with Crippen molar-refractivity contribution in [1.29, 1.82) is 0 Å². The Morgan fingerprint density at radius 2 is 0.681 bits per heavy atom. The van der Waals surface area contributed by atoms with Gasteiger partial charge in [-0.05, 0) is 60.7 Å². The molecule has 0 unspecified atom stereocenters. The highest BCUT2D eigenvalue weighted by molar-refractivity contribution is 7.79. The second kappa shape index (κ2) is 20.2. The molecule has 5 aromatic carbocycles. The molecule has 4 atom stereocenters. The Morgan fingerprint density at radius 3 is 0.972 bits per heavy atom. The van der Waals surface area contributed by atoms with Crippen LogP contribution in [0.4, 0.5) is 0 Å². The van der Waals surface area contributed by atoms with E-state index < -0.39 is 190 Å². The lowest BCUT2D eigenvalue weighted by Crippen LogP contribution is -2.78. The van der Waals surface area contributed by atoms with Crippen molar-refractivity contribution in [3.63, 3.8) is 0 Å². The van der Waals surface area contributed by atoms with Crippen LogP contribution < -0.4 is 0 Å². The largest absolute Gasteiger partial charge is 0.504 e. The third kappa shape index (κ3) is 10.4. The fourth-order valence-corrected chi connectivity index (χ4v) is 6.42. The number of aliphatic hydroxyl groups is 3. The first kappa shape index (κ1) is 55.1. The van der Waals surface area contributed by atoms with Crippen LogP contribution in [0, 0.1) is 0 Å². The van der Waals surface area contributed by atoms with Crippen LogP contribution >= 0.6 is 0 Å². The Morgan fingerprint density at radius 1 is 0.431 bits per heavy atom. The van der Waals surface area contributed by atoms with E-state index in [4.69, 9.17) is 27.0 Å². The molecule has 0 spiro atoms. The van der Waals surface area contributed by atoms with Gasteiger partial charge in [0.2, 0.25) is 17.3 Å². The highest BCUT2D eigenvalue weighted by Crippen LogP contribution is 2.48. The van der Waals surface area contributed by atoms with Gasteiger partial charge in [-0.3, -0.25) is 28.3 Å². The Balaban J connectivity index is 0.00000214. The Labute approximate surface area is 397 Å². The molecule has 0 saturated heterocycles. The summed E-state index contributed by atoms with van der Waals surface area (Å²) in [5.41, 5.74) is -17.3. The zero-order chi connectivity index (χ0) is 54.9. The van der Waals surface area contributed by atoms with Gasteiger partial charge in [-0.25, -0.2) is 9.59 Å². The third-order valence-corrected chi connectivity index (χ3v) is 9.78. The predicted octanol–water partition coefficient (Wildman–Crippen LogP) is -0.959. The number of Topliss-reactive ketones (excluding diaryl/α,β-unsaturated/α-hetero) is 4. The first-order valence-corrected chi connectivity index (χ1v) is 20.1. The standard InChI is InChI=1S/C41H32O26.H2O4S/c42-11-27(53)36(62)40(34(60)13-3-19(45)30(56)20(46)4-13,66-38(64)15-7-23(49)32(58)24(50)8-15)41(35(61)14-5-21(47)31(57)22(48)6-14,67-39(65)16-9-25(51)33(59)26(52)10-16)37(63)28(54)12-1-17(43)29(55)18(44)2-12;1-5(2,3)4/h1-10,27,36,42-53,55-59,62H,11H2;(H2,1,2,3,4)/t27-,36-,40+,41+;/m1./s1. The number of hydrogen-bond acceptors (Lipinski definition) is 28. The zero-order valence-corrected chi connectivity index (χ0v) is 35.9. The lowest BCUT2D eigenvalue weighted by Gasteiger charge is -2.47. The number of carbonyl (C=O) groups is 6. The topological polar surface area (TPSA) is 560 Å². The molecule has 0 aliphatic carbocycles. The van der Waals surface area contributed by atoms with Crippen molar-refractivity contribution in [3.8, 4) is 86.2 Å². The zero-order valence-electron chi connectivity index (χ0n) is 35.1. The molecule has 31 heteroatoms. The normalized spacial score (nSPS) is 13.7. The molecule has 5 aromatic rings. The fourth-order valence-electron chi connectivity index (χ4n) is 6.42. The van der Waals surface area contributed by atoms with E-state index in [0.717, 1.165) is 0 Å². The summed E-state index contributed by atoms with van der Waals surface area (Å²) in [7, 11) is -4.67. The van der Waals surface area contributed by atoms with E-state index in [0.29, 0.717) is 0 Å². The van der Waals surface area contributed by atoms with Gasteiger partial charge in [0.25, 0.3) is 17.0 Å². The number of aromatic hydroxyl groups is 15. The van der Waals surface area contributed by atoms with E-state index in [9.17, 15) is 106 Å². The van der Waals surface area contributed by atoms with Gasteiger partial charge in [0, 0.05) is 16.7 Å². The molecule has 0 aromatic heterocycles. The maximum absolute atomic E-state index is 15.6. The van der Waals surface area contributed by atoms with Crippen molar-refractivity contribution >= 4 is 45.5 Å². The maximum Gasteiger partial charge on any atom is 0.394 e. The number of benzene rings is 5. The number of hydrogen-bond donors (Lipinski definition) is 20. The Kier molecular flexibility index (Phi) is 15.5. The van der Waals surface area contributed by atoms with Gasteiger partial charge in [-0.2, -0.15) is 8.42 Å². The average Bonchev–Trinajstić information content (AvgIpc) is 3.30. The van der Waals surface area contributed by atoms with Gasteiger partial charge in [-0.1, -0.05) is 0 Å². The number of phenolic OH excluding ortho intramolecular Hbond substituents is 15. The number of ether oxygens (including phenoxy) is 2. The summed E-state index contributed by atoms with van der Waals surface area (Å²) in [4.78, 5) is 90.1. The molecular formula is C41H34O30S. The van der Waals surface area contributed by atoms with Gasteiger partial charge < -0.3 is 101 Å². The highest BCUT2D eigenvalue weighted by atomic mass is 32.3. The molecule has 0 radical (unpaired) electrons. The molecule has 20 N–H and O–H groups in total. The summed E-state index contributed by atoms with van der Waals surface area (Å²) in [5.74, 6) is -37.0. The SMILES string of the molecule is O=C(O[C@](C(=O)C(=O)c1cc(O)c(O)c(O)c1)(C(=O)c1cc(O)c(O)c(O)c1)[C@](OC(=O)c1cc(O)c(O)c(O)c1)(C(=O)c1cc(O)c(O)c(O)c1)[C@H](O)[C@H](O)CO)c1cc(O)c(O)c(O)c1.O=S(=O)(O)O. The van der Waals surface area contributed by atoms with Crippen LogP contribution in [0.25, 0.3) is 0 Å². The van der Waals surface area contributed by atoms with Crippen molar-refractivity contribution in [1.82, 2.24) is 0 Å². The number of phenols is 15. The van der Waals surface area contributed by atoms with Crippen LogP contribution in [0.3, 0.4) is 0 Å². The summed E-state index contributed by atoms with van der Waals surface area (Å²) in [6.07, 6.45) is -6.99. The van der Waals surface area contributed by atoms with Crippen LogP contribution in [0.1, 0.15) is 51.8 Å². The summed E-state index contributed by atoms with van der Waals surface area (Å²) in [6.45, 7) is -1.89. The lowest BCUT2D eigenvalue weighted by atomic mass is 9.65. The van der Waals surface area contributed by atoms with Crippen molar-refractivity contribution in [2.45, 2.75) is 23.4 Å². The number of ketones is 4. The molecule has 0 saturated carbocycles. The smallest absolute Gasteiger partial charge is 0.394 e. The molecular weight excluding hydrogens is 1000 g/mol. The highest BCUT2D eigenvalue weighted by Gasteiger charge is 2.76. The first-order valence-electron chi connectivity index (χ1n) is 18.7. The predicted molar refractivity (Wildman–Crippen MR) is 225 cm³/mol. The minimum atomic E-state index is -5.16. The van der Waals surface area contributed by atoms with E-state index in [1.165, 1.54) is 0 Å². The van der Waals surface area contributed by atoms with Gasteiger partial charge in [-0.15, -0.1) is 0 Å². The number of carbonyl (C=O) groups excluding carboxylic acids is 6. The van der Waals surface area contributed by atoms with E-state index in [-0.39, 0.29) is 60.7 Å². The van der Waals surface area contributed by atoms with Crippen molar-refractivity contribution < 1.29 is 148 Å². The second-order valence-electron chi connectivity index (χ2n) is 14.5. The van der Waals surface area contributed by atoms with E-state index in [1.54, 1.807) is 0 Å². The fraction of sp³-hybridized carbons (Fsp3) is 0.122. The van der Waals surface area contributed by atoms with E-state index in [2.05, 4.69) is 0 Å². The van der Waals surface area contributed by atoms with Crippen LogP contribution in [0.15, 0.2) is 60.7 Å². The molecule has 0 bridgehead atoms. The van der Waals surface area contributed by atoms with Crippen LogP contribution in [-0.4, -0.2) is 175 Å². The van der Waals surface area contributed by atoms with Crippen LogP contribution in [-0.2, 0) is 24.7 Å². The summed E-state index contributed by atoms with van der Waals surface area (Å²) >= 11 is 0. The molecule has 5 rings (SSSR count). The number of aliphatic hydroxyl groups excluding tert-OH is 3. The molecule has 72 heavy (non-hydrogen) atoms. The van der Waals surface area contributed by atoms with Crippen molar-refractivity contribution in [2.75, 3.05) is 6.61 Å². The van der Waals surface area contributed by atoms with Gasteiger partial charge in [0.1, 0.15) is 12.2 Å². The minimum Gasteiger partial charge on any atom is -0.504 e. The van der Waals surface area contributed by atoms with Crippen LogP contribution in [0.2, 0.25) is 0 Å². The molecule has 30 nitrogen and oxygen atoms in total. The quantitative estimate of drug-likeness (QED) is 0.0150. The Hall–Kier alpha value is -9.53. The molecule has 0 aliphatic heterocycles. The lowest BCUT2D eigenvalue weighted by molar-refractivity contribution is -0.187. The van der Waals surface area contributed by atoms with Gasteiger partial charge >= 0.3 is 22.3 Å². The van der Waals surface area contributed by atoms with E-state index >= 15 is 14.4 Å². The number of rotatable bonds is 15. The molecule has 0 amide bonds. The molecule has 0 fully saturated rings. The van der Waals surface area contributed by atoms with Gasteiger partial charge in [0.15, 0.2) is 86.2 Å². The Bertz CT molecular complexity index is 3060. The maximum atomic E-state index is 15.6.